The van der Waals surface area contributed by atoms with Crippen molar-refractivity contribution < 1.29 is 0 Å². The minimum absolute atomic E-state index is 0.118. The molecule has 0 saturated heterocycles. The Kier molecular flexibility index (Phi) is 4.36. The van der Waals surface area contributed by atoms with E-state index in [2.05, 4.69) is 35.7 Å². The molecule has 0 spiro atoms. The molecule has 0 bridgehead atoms. The Bertz CT molecular complexity index is 913. The largest absolute Gasteiger partial charge is 0.360 e. The number of rotatable bonds is 3. The molecule has 25 heavy (non-hydrogen) atoms. The average molecular weight is 345 g/mol. The van der Waals surface area contributed by atoms with Gasteiger partial charge in [-0.05, 0) is 34.9 Å². The van der Waals surface area contributed by atoms with Crippen LogP contribution in [0.5, 0.6) is 0 Å². The molecular formula is C22H17ClN2. The summed E-state index contributed by atoms with van der Waals surface area (Å²) in [6.07, 6.45) is 1.98. The topological polar surface area (TPSA) is 24.4 Å². The monoisotopic (exact) mass is 344 g/mol. The van der Waals surface area contributed by atoms with E-state index in [-0.39, 0.29) is 6.17 Å². The molecule has 0 fully saturated rings. The van der Waals surface area contributed by atoms with E-state index in [9.17, 15) is 0 Å². The van der Waals surface area contributed by atoms with Crippen LogP contribution in [0, 0.1) is 0 Å². The zero-order chi connectivity index (χ0) is 17.1. The minimum Gasteiger partial charge on any atom is -0.360 e. The third kappa shape index (κ3) is 3.49. The van der Waals surface area contributed by atoms with Crippen molar-refractivity contribution in [2.75, 3.05) is 0 Å². The summed E-state index contributed by atoms with van der Waals surface area (Å²) in [6.45, 7) is 0. The molecule has 1 aliphatic rings. The highest BCUT2D eigenvalue weighted by Gasteiger charge is 2.19. The van der Waals surface area contributed by atoms with Gasteiger partial charge in [-0.2, -0.15) is 0 Å². The molecule has 0 aliphatic carbocycles. The second-order valence-electron chi connectivity index (χ2n) is 5.90. The van der Waals surface area contributed by atoms with E-state index >= 15 is 0 Å². The third-order valence-electron chi connectivity index (χ3n) is 4.18. The number of aliphatic imine (C=N–C) groups is 1. The van der Waals surface area contributed by atoms with Gasteiger partial charge in [0.05, 0.1) is 5.71 Å². The number of hydrogen-bond donors (Lipinski definition) is 1. The Labute approximate surface area is 152 Å². The van der Waals surface area contributed by atoms with Crippen LogP contribution in [0.15, 0.2) is 96.0 Å². The Morgan fingerprint density at radius 1 is 0.720 bits per heavy atom. The minimum atomic E-state index is -0.118. The average Bonchev–Trinajstić information content (AvgIpc) is 2.69. The Hall–Kier alpha value is -2.84. The van der Waals surface area contributed by atoms with Crippen LogP contribution < -0.4 is 5.32 Å². The summed E-state index contributed by atoms with van der Waals surface area (Å²) in [7, 11) is 0. The van der Waals surface area contributed by atoms with Crippen LogP contribution in [0.1, 0.15) is 22.9 Å². The first-order valence-electron chi connectivity index (χ1n) is 8.22. The molecule has 3 aromatic rings. The maximum Gasteiger partial charge on any atom is 0.145 e. The van der Waals surface area contributed by atoms with E-state index in [1.54, 1.807) is 0 Å². The lowest BCUT2D eigenvalue weighted by atomic mass is 10.0. The molecule has 0 radical (unpaired) electrons. The first-order chi connectivity index (χ1) is 12.3. The molecule has 1 N–H and O–H groups in total. The molecule has 1 aliphatic heterocycles. The van der Waals surface area contributed by atoms with E-state index in [0.717, 1.165) is 33.1 Å². The first kappa shape index (κ1) is 15.7. The van der Waals surface area contributed by atoms with E-state index < -0.39 is 0 Å². The van der Waals surface area contributed by atoms with Crippen LogP contribution in [0.2, 0.25) is 5.02 Å². The number of halogens is 1. The Morgan fingerprint density at radius 3 is 2.04 bits per heavy atom. The molecule has 122 valence electrons. The van der Waals surface area contributed by atoms with Gasteiger partial charge < -0.3 is 5.32 Å². The fourth-order valence-corrected chi connectivity index (χ4v) is 3.02. The van der Waals surface area contributed by atoms with E-state index in [1.165, 1.54) is 0 Å². The van der Waals surface area contributed by atoms with Crippen molar-refractivity contribution in [2.24, 2.45) is 4.99 Å². The molecule has 0 amide bonds. The summed E-state index contributed by atoms with van der Waals surface area (Å²) >= 11 is 6.04. The molecule has 1 unspecified atom stereocenters. The van der Waals surface area contributed by atoms with Crippen molar-refractivity contribution in [1.82, 2.24) is 5.32 Å². The van der Waals surface area contributed by atoms with Crippen molar-refractivity contribution in [1.29, 1.82) is 0 Å². The van der Waals surface area contributed by atoms with Crippen LogP contribution in [0.3, 0.4) is 0 Å². The zero-order valence-corrected chi connectivity index (χ0v) is 14.3. The molecule has 1 atom stereocenters. The van der Waals surface area contributed by atoms with Crippen molar-refractivity contribution in [3.63, 3.8) is 0 Å². The summed E-state index contributed by atoms with van der Waals surface area (Å²) in [5.41, 5.74) is 5.35. The van der Waals surface area contributed by atoms with Gasteiger partial charge in [-0.25, -0.2) is 0 Å². The molecule has 4 rings (SSSR count). The van der Waals surface area contributed by atoms with Crippen molar-refractivity contribution in [3.8, 4) is 0 Å². The fourth-order valence-electron chi connectivity index (χ4n) is 2.89. The number of hydrogen-bond acceptors (Lipinski definition) is 2. The van der Waals surface area contributed by atoms with Gasteiger partial charge >= 0.3 is 0 Å². The van der Waals surface area contributed by atoms with Gasteiger partial charge in [-0.3, -0.25) is 4.99 Å². The Morgan fingerprint density at radius 2 is 1.36 bits per heavy atom. The normalized spacial score (nSPS) is 16.6. The quantitative estimate of drug-likeness (QED) is 0.669. The highest BCUT2D eigenvalue weighted by atomic mass is 35.5. The summed E-state index contributed by atoms with van der Waals surface area (Å²) < 4.78 is 0. The van der Waals surface area contributed by atoms with Gasteiger partial charge in [0.2, 0.25) is 0 Å². The first-order valence-corrected chi connectivity index (χ1v) is 8.60. The molecule has 3 heteroatoms. The lowest BCUT2D eigenvalue weighted by Crippen LogP contribution is -2.24. The highest BCUT2D eigenvalue weighted by molar-refractivity contribution is 6.30. The van der Waals surface area contributed by atoms with Crippen LogP contribution in [-0.2, 0) is 0 Å². The predicted molar refractivity (Wildman–Crippen MR) is 105 cm³/mol. The summed E-state index contributed by atoms with van der Waals surface area (Å²) in [5.74, 6) is 0. The van der Waals surface area contributed by atoms with Crippen LogP contribution in [0.25, 0.3) is 5.70 Å². The smallest absolute Gasteiger partial charge is 0.145 e. The van der Waals surface area contributed by atoms with Crippen LogP contribution in [-0.4, -0.2) is 5.71 Å². The number of allylic oxidation sites excluding steroid dienone is 1. The van der Waals surface area contributed by atoms with Crippen molar-refractivity contribution in [2.45, 2.75) is 6.17 Å². The van der Waals surface area contributed by atoms with E-state index in [0.29, 0.717) is 0 Å². The summed E-state index contributed by atoms with van der Waals surface area (Å²) in [6, 6.07) is 28.4. The maximum absolute atomic E-state index is 6.04. The third-order valence-corrected chi connectivity index (χ3v) is 4.43. The van der Waals surface area contributed by atoms with Gasteiger partial charge in [-0.1, -0.05) is 84.4 Å². The number of nitrogens with zero attached hydrogens (tertiary/aromatic N) is 1. The van der Waals surface area contributed by atoms with Gasteiger partial charge in [0.25, 0.3) is 0 Å². The highest BCUT2D eigenvalue weighted by Crippen LogP contribution is 2.26. The number of nitrogens with one attached hydrogen (secondary N) is 1. The van der Waals surface area contributed by atoms with Crippen LogP contribution in [0.4, 0.5) is 0 Å². The summed E-state index contributed by atoms with van der Waals surface area (Å²) in [5, 5.41) is 4.27. The van der Waals surface area contributed by atoms with Gasteiger partial charge in [0.15, 0.2) is 0 Å². The van der Waals surface area contributed by atoms with Gasteiger partial charge in [-0.15, -0.1) is 0 Å². The summed E-state index contributed by atoms with van der Waals surface area (Å²) in [4.78, 5) is 4.92. The van der Waals surface area contributed by atoms with E-state index in [1.807, 2.05) is 60.7 Å². The standard InChI is InChI=1S/C22H17ClN2/c23-19-13-11-17(12-14-19)21-15-20(16-7-3-1-4-8-16)24-22(25-21)18-9-5-2-6-10-18/h1-15,22,25H. The molecular weight excluding hydrogens is 328 g/mol. The maximum atomic E-state index is 6.04. The van der Waals surface area contributed by atoms with Gasteiger partial charge in [0, 0.05) is 10.7 Å². The second kappa shape index (κ2) is 6.96. The zero-order valence-electron chi connectivity index (χ0n) is 13.6. The van der Waals surface area contributed by atoms with Crippen molar-refractivity contribution in [3.05, 3.63) is 113 Å². The molecule has 0 aromatic heterocycles. The van der Waals surface area contributed by atoms with Gasteiger partial charge in [0.1, 0.15) is 6.17 Å². The van der Waals surface area contributed by atoms with Crippen LogP contribution >= 0.6 is 11.6 Å². The molecule has 3 aromatic carbocycles. The molecule has 2 nitrogen and oxygen atoms in total. The predicted octanol–water partition coefficient (Wildman–Crippen LogP) is 5.47. The molecule has 0 saturated carbocycles. The molecule has 1 heterocycles. The van der Waals surface area contributed by atoms with Crippen molar-refractivity contribution >= 4 is 23.0 Å². The lowest BCUT2D eigenvalue weighted by molar-refractivity contribution is 0.664. The number of benzene rings is 3. The fraction of sp³-hybridized carbons (Fsp3) is 0.0455. The van der Waals surface area contributed by atoms with E-state index in [4.69, 9.17) is 16.6 Å². The SMILES string of the molecule is Clc1ccc(C2=CC(c3ccccc3)=NC(c3ccccc3)N2)cc1. The second-order valence-corrected chi connectivity index (χ2v) is 6.34. The Balaban J connectivity index is 1.78. The lowest BCUT2D eigenvalue weighted by Gasteiger charge is -2.25.